The highest BCUT2D eigenvalue weighted by atomic mass is 19.1. The zero-order valence-electron chi connectivity index (χ0n) is 27.9. The third kappa shape index (κ3) is 17.1. The van der Waals surface area contributed by atoms with Crippen LogP contribution in [-0.4, -0.2) is 37.1 Å². The zero-order chi connectivity index (χ0) is 36.7. The quantitative estimate of drug-likeness (QED) is 0.172. The highest BCUT2D eigenvalue weighted by Gasteiger charge is 2.42. The highest BCUT2D eigenvalue weighted by molar-refractivity contribution is 5.94. The minimum atomic E-state index is -1.38. The molecule has 5 heteroatoms. The number of hydrogen-bond acceptors (Lipinski definition) is 3. The molecule has 0 aromatic rings. The summed E-state index contributed by atoms with van der Waals surface area (Å²) < 4.78 is 27.0. The first-order chi connectivity index (χ1) is 24.5. The van der Waals surface area contributed by atoms with Crippen LogP contribution in [0, 0.1) is 160 Å². The van der Waals surface area contributed by atoms with Crippen molar-refractivity contribution in [2.45, 2.75) is 51.3 Å². The number of halogens is 1. The third-order valence-corrected chi connectivity index (χ3v) is 6.35. The first kappa shape index (κ1) is 41.0. The summed E-state index contributed by atoms with van der Waals surface area (Å²) in [6.45, 7) is 18.8. The van der Waals surface area contributed by atoms with Crippen molar-refractivity contribution in [3.63, 3.8) is 0 Å². The maximum absolute atomic E-state index is 14.8. The molecule has 4 nitrogen and oxygen atoms in total. The molecule has 1 amide bonds. The van der Waals surface area contributed by atoms with Crippen LogP contribution in [0.5, 0.6) is 0 Å². The molecule has 0 aliphatic carbocycles. The van der Waals surface area contributed by atoms with E-state index in [1.54, 1.807) is 26.0 Å². The molecular weight excluding hydrogens is 621 g/mol. The number of carbonyl (C=O) groups is 1. The molecular formula is C45H80FNO3. The fraction of sp³-hybridized carbons (Fsp3) is 0.267. The van der Waals surface area contributed by atoms with Gasteiger partial charge in [-0.25, -0.2) is 4.39 Å². The van der Waals surface area contributed by atoms with Gasteiger partial charge in [0, 0.05) is 87.5 Å². The van der Waals surface area contributed by atoms with Crippen molar-refractivity contribution in [2.24, 2.45) is 17.8 Å². The van der Waals surface area contributed by atoms with Crippen LogP contribution in [0.1, 0.15) is 60.9 Å². The summed E-state index contributed by atoms with van der Waals surface area (Å²) in [5.74, 6) is 58.6. The van der Waals surface area contributed by atoms with E-state index in [1.807, 2.05) is 12.2 Å². The van der Waals surface area contributed by atoms with Gasteiger partial charge in [0.05, 0.1) is 18.8 Å². The lowest BCUT2D eigenvalue weighted by Crippen LogP contribution is -2.50. The number of ether oxygens (including phenoxy) is 2. The lowest BCUT2D eigenvalue weighted by Gasteiger charge is -2.44. The van der Waals surface area contributed by atoms with Crippen LogP contribution in [0.3, 0.4) is 0 Å². The van der Waals surface area contributed by atoms with Crippen molar-refractivity contribution in [3.05, 3.63) is 50.6 Å². The Bertz CT molecular complexity index is 2140. The van der Waals surface area contributed by atoms with E-state index >= 15 is 0 Å². The molecule has 1 aliphatic rings. The van der Waals surface area contributed by atoms with Crippen molar-refractivity contribution in [1.82, 2.24) is 5.32 Å². The average molecular weight is 702 g/mol. The number of alkyl halides is 1. The van der Waals surface area contributed by atoms with Gasteiger partial charge >= 0.3 is 0 Å². The molecule has 1 aliphatic heterocycles. The molecule has 7 atom stereocenters. The van der Waals surface area contributed by atoms with E-state index < -0.39 is 24.4 Å². The number of amides is 1. The maximum atomic E-state index is 14.8. The Morgan fingerprint density at radius 2 is 1.14 bits per heavy atom. The summed E-state index contributed by atoms with van der Waals surface area (Å²) >= 11 is 0. The van der Waals surface area contributed by atoms with Gasteiger partial charge in [0.15, 0.2) is 6.29 Å². The summed E-state index contributed by atoms with van der Waals surface area (Å²) in [7, 11) is 0. The Hall–Kier alpha value is -7.00. The van der Waals surface area contributed by atoms with Gasteiger partial charge in [0.2, 0.25) is 0 Å². The second-order valence-corrected chi connectivity index (χ2v) is 9.47. The molecule has 0 aromatic heterocycles. The first-order valence-corrected chi connectivity index (χ1v) is 15.1. The van der Waals surface area contributed by atoms with Crippen LogP contribution in [0.25, 0.3) is 0 Å². The van der Waals surface area contributed by atoms with E-state index in [4.69, 9.17) is 9.47 Å². The van der Waals surface area contributed by atoms with E-state index in [0.29, 0.717) is 6.42 Å². The minimum Gasteiger partial charge on any atom is -0.350 e. The van der Waals surface area contributed by atoms with Gasteiger partial charge in [0.25, 0.3) is 5.91 Å². The Balaban J connectivity index is -0.0000000473. The number of allylic oxidation sites excluding steroid dienone is 1. The van der Waals surface area contributed by atoms with Crippen molar-refractivity contribution in [3.8, 4) is 142 Å². The Kier molecular flexibility index (Phi) is 22.3. The Morgan fingerprint density at radius 1 is 0.720 bits per heavy atom. The van der Waals surface area contributed by atoms with Gasteiger partial charge in [-0.1, -0.05) is 37.1 Å². The monoisotopic (exact) mass is 702 g/mol. The van der Waals surface area contributed by atoms with Gasteiger partial charge in [-0.2, -0.15) is 0 Å². The van der Waals surface area contributed by atoms with E-state index in [1.165, 1.54) is 0 Å². The summed E-state index contributed by atoms with van der Waals surface area (Å²) in [6.07, 6.45) is 5.52. The first-order valence-electron chi connectivity index (χ1n) is 15.1. The average Bonchev–Trinajstić information content (AvgIpc) is 3.12. The van der Waals surface area contributed by atoms with Gasteiger partial charge in [0.1, 0.15) is 6.17 Å². The molecule has 0 radical (unpaired) electrons. The van der Waals surface area contributed by atoms with E-state index in [2.05, 4.69) is 174 Å². The molecule has 1 N–H and O–H groups in total. The Labute approximate surface area is 333 Å². The van der Waals surface area contributed by atoms with E-state index in [9.17, 15) is 9.18 Å². The third-order valence-electron chi connectivity index (χ3n) is 6.35. The molecule has 1 heterocycles. The van der Waals surface area contributed by atoms with E-state index in [0.717, 1.165) is 0 Å². The molecule has 0 saturated carbocycles. The molecule has 1 fully saturated rings. The van der Waals surface area contributed by atoms with Gasteiger partial charge < -0.3 is 14.8 Å². The fourth-order valence-electron chi connectivity index (χ4n) is 4.16. The normalized spacial score (nSPS) is 17.9. The SMILES string of the molecule is C=CCC1O[C@H](OC[C@H](NC(=O)C#CC#CC#CC#CC#CC#CC#CC#CC#CC#CC#CC#CC)[C@H](F)CC)C(C=C)[C@@H](C=C)[C@H]1C=C.[HH].[HH].[HH].[HH].[HH].[HH].[HH].[HH].[HH].[HH].[HH].[HH].[HH].[HH].[HH].[HH].[HH].[HH].[HH].[HH].[HH].[HH].[HH].[HH]. The largest absolute Gasteiger partial charge is 0.350 e. The topological polar surface area (TPSA) is 47.6 Å². The number of hydrogen-bond donors (Lipinski definition) is 1. The lowest BCUT2D eigenvalue weighted by atomic mass is 9.75. The minimum absolute atomic E-state index is 0. The summed E-state index contributed by atoms with van der Waals surface area (Å²) in [5.41, 5.74) is 0. The van der Waals surface area contributed by atoms with Crippen LogP contribution >= 0.6 is 0 Å². The van der Waals surface area contributed by atoms with Crippen molar-refractivity contribution in [1.29, 1.82) is 0 Å². The van der Waals surface area contributed by atoms with Gasteiger partial charge in [-0.3, -0.25) is 4.79 Å². The second kappa shape index (κ2) is 27.1. The number of nitrogens with one attached hydrogen (secondary N) is 1. The van der Waals surface area contributed by atoms with Crippen LogP contribution in [-0.2, 0) is 14.3 Å². The molecule has 290 valence electrons. The summed E-state index contributed by atoms with van der Waals surface area (Å²) in [5, 5.41) is 2.56. The molecule has 2 unspecified atom stereocenters. The predicted molar refractivity (Wildman–Crippen MR) is 247 cm³/mol. The van der Waals surface area contributed by atoms with Crippen LogP contribution < -0.4 is 5.32 Å². The predicted octanol–water partition coefficient (Wildman–Crippen LogP) is 9.91. The maximum Gasteiger partial charge on any atom is 0.297 e. The van der Waals surface area contributed by atoms with Crippen LogP contribution in [0.2, 0.25) is 0 Å². The standard InChI is InChI=1S/C45H32FNO3.24H2/c1-7-13-14-15-16-17-18-19-20-21-22-23-24-25-26-27-28-29-30-31-32-33-34-36-44(48)47-42(41(46)12-6)37-49-45-40(11-5)38(9-3)39(10-4)43(50-45)35-8-2;;;;;;;;;;;;;;;;;;;;;;;;/h8-11,38-43,45H,2-5,12,35,37H2,1,6H3,(H,47,48);24*1H/t38-,39+,40?,41+,42-,43?,45-;;;;;;;;;;;;;;;;;;;;;;;;/m0......................../s1. The van der Waals surface area contributed by atoms with Crippen LogP contribution in [0.4, 0.5) is 4.39 Å². The zero-order valence-corrected chi connectivity index (χ0v) is 27.9. The number of carbonyl (C=O) groups excluding carboxylic acids is 1. The van der Waals surface area contributed by atoms with Crippen LogP contribution in [0.15, 0.2) is 50.6 Å². The fourth-order valence-corrected chi connectivity index (χ4v) is 4.16. The van der Waals surface area contributed by atoms with Gasteiger partial charge in [-0.05, 0) is 120 Å². The number of rotatable bonds is 11. The molecule has 1 saturated heterocycles. The van der Waals surface area contributed by atoms with Crippen molar-refractivity contribution >= 4 is 5.91 Å². The second-order valence-electron chi connectivity index (χ2n) is 9.47. The molecule has 0 bridgehead atoms. The summed E-state index contributed by atoms with van der Waals surface area (Å²) in [4.78, 5) is 12.4. The smallest absolute Gasteiger partial charge is 0.297 e. The van der Waals surface area contributed by atoms with Gasteiger partial charge in [-0.15, -0.1) is 26.3 Å². The molecule has 0 spiro atoms. The Morgan fingerprint density at radius 3 is 1.52 bits per heavy atom. The van der Waals surface area contributed by atoms with Crippen molar-refractivity contribution < 1.29 is 52.9 Å². The highest BCUT2D eigenvalue weighted by Crippen LogP contribution is 2.39. The molecule has 1 rings (SSSR count). The van der Waals surface area contributed by atoms with Crippen molar-refractivity contribution in [2.75, 3.05) is 6.61 Å². The summed E-state index contributed by atoms with van der Waals surface area (Å²) in [6, 6.07) is -0.967. The lowest BCUT2D eigenvalue weighted by molar-refractivity contribution is -0.236. The molecule has 50 heavy (non-hydrogen) atoms. The molecule has 0 aromatic carbocycles. The van der Waals surface area contributed by atoms with E-state index in [-0.39, 0.29) is 71.1 Å².